The van der Waals surface area contributed by atoms with Gasteiger partial charge in [0.25, 0.3) is 0 Å². The standard InChI is InChI=1S/C15H13N3O2S/c19-14-12-9-5-4-8-11(12)13(20-14)17-18-15(21)16-10-6-2-1-3-7-10/h1-9,13,17H,(H2,16,18,21). The Bertz CT molecular complexity index is 676. The second kappa shape index (κ2) is 5.90. The Hall–Kier alpha value is -2.44. The third kappa shape index (κ3) is 3.01. The number of para-hydroxylation sites is 1. The van der Waals surface area contributed by atoms with Crippen LogP contribution in [0, 0.1) is 0 Å². The number of cyclic esters (lactones) is 1. The van der Waals surface area contributed by atoms with E-state index in [1.165, 1.54) is 0 Å². The minimum Gasteiger partial charge on any atom is -0.437 e. The third-order valence-electron chi connectivity index (χ3n) is 3.04. The average Bonchev–Trinajstić information content (AvgIpc) is 2.83. The van der Waals surface area contributed by atoms with Crippen LogP contribution >= 0.6 is 12.2 Å². The first kappa shape index (κ1) is 13.5. The van der Waals surface area contributed by atoms with E-state index in [-0.39, 0.29) is 5.97 Å². The van der Waals surface area contributed by atoms with Gasteiger partial charge in [-0.3, -0.25) is 5.43 Å². The van der Waals surface area contributed by atoms with Crippen molar-refractivity contribution in [1.82, 2.24) is 10.9 Å². The molecule has 0 aliphatic carbocycles. The number of esters is 1. The zero-order valence-corrected chi connectivity index (χ0v) is 11.8. The van der Waals surface area contributed by atoms with Gasteiger partial charge in [0, 0.05) is 11.3 Å². The molecule has 1 aliphatic heterocycles. The summed E-state index contributed by atoms with van der Waals surface area (Å²) in [5.74, 6) is -0.341. The van der Waals surface area contributed by atoms with Crippen molar-refractivity contribution >= 4 is 29.0 Å². The van der Waals surface area contributed by atoms with E-state index in [1.807, 2.05) is 42.5 Å². The molecular weight excluding hydrogens is 286 g/mol. The fourth-order valence-corrected chi connectivity index (χ4v) is 2.24. The van der Waals surface area contributed by atoms with Gasteiger partial charge in [-0.2, -0.15) is 5.43 Å². The number of anilines is 1. The molecule has 3 N–H and O–H groups in total. The van der Waals surface area contributed by atoms with Crippen LogP contribution in [0.5, 0.6) is 0 Å². The first-order valence-corrected chi connectivity index (χ1v) is 6.82. The van der Waals surface area contributed by atoms with Crippen LogP contribution in [0.15, 0.2) is 54.6 Å². The second-order valence-electron chi connectivity index (χ2n) is 4.46. The van der Waals surface area contributed by atoms with E-state index in [1.54, 1.807) is 12.1 Å². The fraction of sp³-hybridized carbons (Fsp3) is 0.0667. The minimum atomic E-state index is -0.552. The lowest BCUT2D eigenvalue weighted by Crippen LogP contribution is -2.42. The highest BCUT2D eigenvalue weighted by molar-refractivity contribution is 7.80. The maximum atomic E-state index is 11.7. The smallest absolute Gasteiger partial charge is 0.340 e. The molecule has 0 amide bonds. The molecule has 6 heteroatoms. The topological polar surface area (TPSA) is 62.4 Å². The SMILES string of the molecule is O=C1OC(NNC(=S)Nc2ccccc2)c2ccccc21. The predicted octanol–water partition coefficient (Wildman–Crippen LogP) is 2.35. The molecule has 1 unspecified atom stereocenters. The van der Waals surface area contributed by atoms with Crippen LogP contribution in [0.2, 0.25) is 0 Å². The number of benzene rings is 2. The summed E-state index contributed by atoms with van der Waals surface area (Å²) in [6, 6.07) is 16.8. The van der Waals surface area contributed by atoms with Crippen LogP contribution in [0.1, 0.15) is 22.1 Å². The fourth-order valence-electron chi connectivity index (χ4n) is 2.07. The Morgan fingerprint density at radius 3 is 2.57 bits per heavy atom. The summed E-state index contributed by atoms with van der Waals surface area (Å²) >= 11 is 5.17. The van der Waals surface area contributed by atoms with Crippen molar-refractivity contribution in [2.24, 2.45) is 0 Å². The zero-order chi connectivity index (χ0) is 14.7. The zero-order valence-electron chi connectivity index (χ0n) is 11.0. The van der Waals surface area contributed by atoms with Crippen LogP contribution in [0.3, 0.4) is 0 Å². The van der Waals surface area contributed by atoms with Gasteiger partial charge in [-0.05, 0) is 30.4 Å². The van der Waals surface area contributed by atoms with E-state index < -0.39 is 6.23 Å². The number of rotatable bonds is 3. The summed E-state index contributed by atoms with van der Waals surface area (Å²) in [6.45, 7) is 0. The first-order chi connectivity index (χ1) is 10.2. The minimum absolute atomic E-state index is 0.341. The summed E-state index contributed by atoms with van der Waals surface area (Å²) in [6.07, 6.45) is -0.552. The summed E-state index contributed by atoms with van der Waals surface area (Å²) in [4.78, 5) is 11.7. The van der Waals surface area contributed by atoms with E-state index in [4.69, 9.17) is 17.0 Å². The van der Waals surface area contributed by atoms with Crippen molar-refractivity contribution < 1.29 is 9.53 Å². The Morgan fingerprint density at radius 1 is 1.05 bits per heavy atom. The van der Waals surface area contributed by atoms with Crippen molar-refractivity contribution in [1.29, 1.82) is 0 Å². The Balaban J connectivity index is 1.59. The highest BCUT2D eigenvalue weighted by Crippen LogP contribution is 2.27. The number of nitrogens with one attached hydrogen (secondary N) is 3. The molecular formula is C15H13N3O2S. The van der Waals surface area contributed by atoms with Crippen molar-refractivity contribution in [2.45, 2.75) is 6.23 Å². The van der Waals surface area contributed by atoms with E-state index in [0.717, 1.165) is 11.3 Å². The molecule has 3 rings (SSSR count). The summed E-state index contributed by atoms with van der Waals surface area (Å²) in [5.41, 5.74) is 7.95. The maximum Gasteiger partial charge on any atom is 0.340 e. The normalized spacial score (nSPS) is 16.0. The van der Waals surface area contributed by atoms with Gasteiger partial charge in [0.1, 0.15) is 0 Å². The third-order valence-corrected chi connectivity index (χ3v) is 3.24. The largest absolute Gasteiger partial charge is 0.437 e. The summed E-state index contributed by atoms with van der Waals surface area (Å²) in [7, 11) is 0. The average molecular weight is 299 g/mol. The number of ether oxygens (including phenoxy) is 1. The van der Waals surface area contributed by atoms with Gasteiger partial charge in [0.2, 0.25) is 0 Å². The summed E-state index contributed by atoms with van der Waals surface area (Å²) in [5, 5.41) is 3.41. The number of hydrazine groups is 1. The van der Waals surface area contributed by atoms with Gasteiger partial charge in [-0.25, -0.2) is 4.79 Å². The Labute approximate surface area is 127 Å². The molecule has 0 radical (unpaired) electrons. The van der Waals surface area contributed by atoms with Gasteiger partial charge < -0.3 is 10.1 Å². The molecule has 1 heterocycles. The lowest BCUT2D eigenvalue weighted by atomic mass is 10.1. The quantitative estimate of drug-likeness (QED) is 0.459. The lowest BCUT2D eigenvalue weighted by molar-refractivity contribution is 0.0289. The molecule has 1 aliphatic rings. The van der Waals surface area contributed by atoms with Crippen LogP contribution in [0.4, 0.5) is 5.69 Å². The molecule has 0 aromatic heterocycles. The van der Waals surface area contributed by atoms with Crippen molar-refractivity contribution in [2.75, 3.05) is 5.32 Å². The molecule has 0 fully saturated rings. The van der Waals surface area contributed by atoms with E-state index in [0.29, 0.717) is 10.7 Å². The molecule has 2 aromatic carbocycles. The number of hydrogen-bond donors (Lipinski definition) is 3. The molecule has 0 bridgehead atoms. The highest BCUT2D eigenvalue weighted by atomic mass is 32.1. The monoisotopic (exact) mass is 299 g/mol. The van der Waals surface area contributed by atoms with Crippen LogP contribution < -0.4 is 16.2 Å². The van der Waals surface area contributed by atoms with Crippen LogP contribution in [0.25, 0.3) is 0 Å². The van der Waals surface area contributed by atoms with Gasteiger partial charge in [-0.1, -0.05) is 36.4 Å². The van der Waals surface area contributed by atoms with Crippen molar-refractivity contribution in [3.05, 3.63) is 65.7 Å². The number of thiocarbonyl (C=S) groups is 1. The van der Waals surface area contributed by atoms with E-state index in [2.05, 4.69) is 16.2 Å². The summed E-state index contributed by atoms with van der Waals surface area (Å²) < 4.78 is 5.23. The van der Waals surface area contributed by atoms with Gasteiger partial charge in [-0.15, -0.1) is 0 Å². The van der Waals surface area contributed by atoms with Crippen LogP contribution in [-0.2, 0) is 4.74 Å². The Kier molecular flexibility index (Phi) is 3.81. The molecule has 1 atom stereocenters. The first-order valence-electron chi connectivity index (χ1n) is 6.41. The molecule has 0 saturated heterocycles. The number of hydrogen-bond acceptors (Lipinski definition) is 4. The van der Waals surface area contributed by atoms with E-state index >= 15 is 0 Å². The molecule has 21 heavy (non-hydrogen) atoms. The predicted molar refractivity (Wildman–Crippen MR) is 83.5 cm³/mol. The molecule has 0 spiro atoms. The van der Waals surface area contributed by atoms with E-state index in [9.17, 15) is 4.79 Å². The van der Waals surface area contributed by atoms with Gasteiger partial charge in [0.05, 0.1) is 5.56 Å². The highest BCUT2D eigenvalue weighted by Gasteiger charge is 2.30. The maximum absolute atomic E-state index is 11.7. The molecule has 2 aromatic rings. The lowest BCUT2D eigenvalue weighted by Gasteiger charge is -2.16. The molecule has 0 saturated carbocycles. The van der Waals surface area contributed by atoms with Crippen molar-refractivity contribution in [3.63, 3.8) is 0 Å². The number of carbonyl (C=O) groups excluding carboxylic acids is 1. The number of carbonyl (C=O) groups is 1. The van der Waals surface area contributed by atoms with Gasteiger partial charge >= 0.3 is 5.97 Å². The van der Waals surface area contributed by atoms with Crippen LogP contribution in [-0.4, -0.2) is 11.1 Å². The number of fused-ring (bicyclic) bond motifs is 1. The second-order valence-corrected chi connectivity index (χ2v) is 4.87. The van der Waals surface area contributed by atoms with Crippen molar-refractivity contribution in [3.8, 4) is 0 Å². The molecule has 106 valence electrons. The Morgan fingerprint density at radius 2 is 1.76 bits per heavy atom. The molecule has 5 nitrogen and oxygen atoms in total. The van der Waals surface area contributed by atoms with Gasteiger partial charge in [0.15, 0.2) is 11.3 Å².